The molecule has 3 amide bonds. The maximum absolute atomic E-state index is 12.8. The average molecular weight is 484 g/mol. The van der Waals surface area contributed by atoms with Gasteiger partial charge >= 0.3 is 12.0 Å². The molecule has 0 aliphatic carbocycles. The molecule has 0 unspecified atom stereocenters. The van der Waals surface area contributed by atoms with E-state index >= 15 is 0 Å². The fourth-order valence-electron chi connectivity index (χ4n) is 3.29. The van der Waals surface area contributed by atoms with Gasteiger partial charge in [-0.3, -0.25) is 14.9 Å². The van der Waals surface area contributed by atoms with E-state index in [2.05, 4.69) is 10.6 Å². The highest BCUT2D eigenvalue weighted by molar-refractivity contribution is 7.89. The number of esters is 1. The van der Waals surface area contributed by atoms with Crippen molar-refractivity contribution in [2.75, 3.05) is 32.8 Å². The van der Waals surface area contributed by atoms with Crippen LogP contribution in [0.4, 0.5) is 4.79 Å². The second kappa shape index (κ2) is 12.5. The number of rotatable bonds is 10. The summed E-state index contributed by atoms with van der Waals surface area (Å²) in [4.78, 5) is 35.9. The van der Waals surface area contributed by atoms with Gasteiger partial charge in [0.05, 0.1) is 17.4 Å². The second-order valence-corrected chi connectivity index (χ2v) is 10.1. The van der Waals surface area contributed by atoms with Crippen LogP contribution in [0.5, 0.6) is 5.75 Å². The highest BCUT2D eigenvalue weighted by Gasteiger charge is 2.33. The van der Waals surface area contributed by atoms with E-state index in [1.54, 1.807) is 12.1 Å². The second-order valence-electron chi connectivity index (χ2n) is 8.18. The van der Waals surface area contributed by atoms with Crippen LogP contribution >= 0.6 is 0 Å². The van der Waals surface area contributed by atoms with Crippen molar-refractivity contribution in [3.63, 3.8) is 0 Å². The van der Waals surface area contributed by atoms with Gasteiger partial charge in [-0.1, -0.05) is 13.8 Å². The Hall–Kier alpha value is -2.66. The molecule has 1 aliphatic rings. The van der Waals surface area contributed by atoms with E-state index in [1.807, 2.05) is 20.8 Å². The summed E-state index contributed by atoms with van der Waals surface area (Å²) >= 11 is 0. The number of hydrogen-bond donors (Lipinski definition) is 2. The summed E-state index contributed by atoms with van der Waals surface area (Å²) in [6.45, 7) is 6.57. The van der Waals surface area contributed by atoms with Crippen LogP contribution in [-0.4, -0.2) is 63.5 Å². The zero-order valence-corrected chi connectivity index (χ0v) is 20.2. The van der Waals surface area contributed by atoms with Gasteiger partial charge < -0.3 is 14.8 Å². The highest BCUT2D eigenvalue weighted by Crippen LogP contribution is 2.25. The third-order valence-electron chi connectivity index (χ3n) is 5.17. The molecule has 0 radical (unpaired) electrons. The molecule has 11 heteroatoms. The minimum Gasteiger partial charge on any atom is -0.494 e. The minimum atomic E-state index is -3.68. The number of carbonyl (C=O) groups is 3. The van der Waals surface area contributed by atoms with E-state index < -0.39 is 40.5 Å². The normalized spacial score (nSPS) is 15.2. The molecule has 2 rings (SSSR count). The van der Waals surface area contributed by atoms with Crippen LogP contribution < -0.4 is 15.4 Å². The van der Waals surface area contributed by atoms with Crippen molar-refractivity contribution in [3.05, 3.63) is 24.3 Å². The number of amides is 3. The molecule has 1 fully saturated rings. The predicted octanol–water partition coefficient (Wildman–Crippen LogP) is 1.90. The lowest BCUT2D eigenvalue weighted by atomic mass is 9.98. The van der Waals surface area contributed by atoms with Gasteiger partial charge in [0.25, 0.3) is 5.91 Å². The Bertz CT molecular complexity index is 908. The number of carbonyl (C=O) groups excluding carboxylic acids is 3. The van der Waals surface area contributed by atoms with E-state index in [0.717, 1.165) is 6.42 Å². The molecule has 2 N–H and O–H groups in total. The number of sulfonamides is 1. The summed E-state index contributed by atoms with van der Waals surface area (Å²) in [5, 5.41) is 4.66. The fourth-order valence-corrected chi connectivity index (χ4v) is 4.76. The van der Waals surface area contributed by atoms with Crippen molar-refractivity contribution >= 4 is 27.9 Å². The molecule has 0 bridgehead atoms. The zero-order chi connectivity index (χ0) is 24.4. The van der Waals surface area contributed by atoms with Gasteiger partial charge in [-0.15, -0.1) is 0 Å². The number of nitrogens with zero attached hydrogens (tertiary/aromatic N) is 1. The molecule has 1 heterocycles. The lowest BCUT2D eigenvalue weighted by molar-refractivity contribution is -0.153. The van der Waals surface area contributed by atoms with Crippen LogP contribution in [-0.2, 0) is 24.3 Å². The molecule has 1 aromatic rings. The topological polar surface area (TPSA) is 131 Å². The van der Waals surface area contributed by atoms with Gasteiger partial charge in [-0.05, 0) is 56.4 Å². The number of imide groups is 1. The Balaban J connectivity index is 1.76. The van der Waals surface area contributed by atoms with Crippen LogP contribution in [0, 0.1) is 11.8 Å². The smallest absolute Gasteiger partial charge is 0.321 e. The van der Waals surface area contributed by atoms with E-state index in [1.165, 1.54) is 16.4 Å². The number of piperidine rings is 1. The number of ether oxygens (including phenoxy) is 2. The molecular formula is C22H33N3O7S. The number of urea groups is 1. The third-order valence-corrected chi connectivity index (χ3v) is 7.08. The standard InChI is InChI=1S/C22H33N3O7S/c1-4-31-18-5-7-19(8-6-18)33(29,30)25-13-10-17(11-14-25)21(27)32-15-20(26)24-22(28)23-12-9-16(2)3/h5-8,16-17H,4,9-15H2,1-3H3,(H2,23,24,26,28). The summed E-state index contributed by atoms with van der Waals surface area (Å²) in [5.41, 5.74) is 0. The summed E-state index contributed by atoms with van der Waals surface area (Å²) in [6.07, 6.45) is 1.35. The Morgan fingerprint density at radius 2 is 1.76 bits per heavy atom. The van der Waals surface area contributed by atoms with Gasteiger partial charge in [0, 0.05) is 19.6 Å². The molecule has 0 saturated carbocycles. The SMILES string of the molecule is CCOc1ccc(S(=O)(=O)N2CCC(C(=O)OCC(=O)NC(=O)NCCC(C)C)CC2)cc1. The van der Waals surface area contributed by atoms with E-state index in [4.69, 9.17) is 9.47 Å². The summed E-state index contributed by atoms with van der Waals surface area (Å²) < 4.78 is 37.4. The van der Waals surface area contributed by atoms with Gasteiger partial charge in [0.15, 0.2) is 6.61 Å². The molecule has 1 aliphatic heterocycles. The Morgan fingerprint density at radius 3 is 2.33 bits per heavy atom. The number of hydrogen-bond acceptors (Lipinski definition) is 7. The van der Waals surface area contributed by atoms with Crippen molar-refractivity contribution < 1.29 is 32.3 Å². The van der Waals surface area contributed by atoms with Crippen LogP contribution in [0.25, 0.3) is 0 Å². The van der Waals surface area contributed by atoms with Crippen LogP contribution in [0.1, 0.15) is 40.0 Å². The first-order valence-electron chi connectivity index (χ1n) is 11.1. The van der Waals surface area contributed by atoms with Crippen molar-refractivity contribution in [2.24, 2.45) is 11.8 Å². The molecule has 0 atom stereocenters. The molecule has 33 heavy (non-hydrogen) atoms. The zero-order valence-electron chi connectivity index (χ0n) is 19.3. The Kier molecular flexibility index (Phi) is 10.1. The monoisotopic (exact) mass is 483 g/mol. The van der Waals surface area contributed by atoms with Gasteiger partial charge in [-0.25, -0.2) is 13.2 Å². The van der Waals surface area contributed by atoms with E-state index in [-0.39, 0.29) is 30.8 Å². The molecule has 0 spiro atoms. The lowest BCUT2D eigenvalue weighted by Crippen LogP contribution is -2.43. The van der Waals surface area contributed by atoms with E-state index in [9.17, 15) is 22.8 Å². The van der Waals surface area contributed by atoms with Gasteiger partial charge in [-0.2, -0.15) is 4.31 Å². The van der Waals surface area contributed by atoms with Crippen LogP contribution in [0.2, 0.25) is 0 Å². The first-order valence-corrected chi connectivity index (χ1v) is 12.5. The Morgan fingerprint density at radius 1 is 1.12 bits per heavy atom. The van der Waals surface area contributed by atoms with E-state index in [0.29, 0.717) is 24.8 Å². The highest BCUT2D eigenvalue weighted by atomic mass is 32.2. The molecular weight excluding hydrogens is 450 g/mol. The van der Waals surface area contributed by atoms with Crippen molar-refractivity contribution in [3.8, 4) is 5.75 Å². The molecule has 0 aromatic heterocycles. The minimum absolute atomic E-state index is 0.162. The van der Waals surface area contributed by atoms with Crippen molar-refractivity contribution in [1.29, 1.82) is 0 Å². The molecule has 184 valence electrons. The Labute approximate surface area is 195 Å². The van der Waals surface area contributed by atoms with Crippen LogP contribution in [0.3, 0.4) is 0 Å². The predicted molar refractivity (Wildman–Crippen MR) is 121 cm³/mol. The fraction of sp³-hybridized carbons (Fsp3) is 0.591. The largest absolute Gasteiger partial charge is 0.494 e. The number of nitrogens with one attached hydrogen (secondary N) is 2. The van der Waals surface area contributed by atoms with Gasteiger partial charge in [0.1, 0.15) is 5.75 Å². The summed E-state index contributed by atoms with van der Waals surface area (Å²) in [6, 6.07) is 5.58. The average Bonchev–Trinajstić information content (AvgIpc) is 2.78. The molecule has 1 aromatic carbocycles. The first kappa shape index (κ1) is 26.6. The number of benzene rings is 1. The first-order chi connectivity index (χ1) is 15.6. The molecule has 1 saturated heterocycles. The summed E-state index contributed by atoms with van der Waals surface area (Å²) in [5.74, 6) is -0.798. The maximum Gasteiger partial charge on any atom is 0.321 e. The summed E-state index contributed by atoms with van der Waals surface area (Å²) in [7, 11) is -3.68. The van der Waals surface area contributed by atoms with Crippen LogP contribution in [0.15, 0.2) is 29.2 Å². The molecule has 10 nitrogen and oxygen atoms in total. The third kappa shape index (κ3) is 8.32. The van der Waals surface area contributed by atoms with Crippen molar-refractivity contribution in [2.45, 2.75) is 44.9 Å². The lowest BCUT2D eigenvalue weighted by Gasteiger charge is -2.30. The maximum atomic E-state index is 12.8. The van der Waals surface area contributed by atoms with Crippen molar-refractivity contribution in [1.82, 2.24) is 14.9 Å². The quantitative estimate of drug-likeness (QED) is 0.486. The van der Waals surface area contributed by atoms with Gasteiger partial charge in [0.2, 0.25) is 10.0 Å².